The van der Waals surface area contributed by atoms with E-state index < -0.39 is 0 Å². The van der Waals surface area contributed by atoms with Crippen LogP contribution in [0.25, 0.3) is 0 Å². The number of aryl methyl sites for hydroxylation is 1. The van der Waals surface area contributed by atoms with Crippen molar-refractivity contribution in [1.82, 2.24) is 16.0 Å². The maximum atomic E-state index is 13.2. The summed E-state index contributed by atoms with van der Waals surface area (Å²) in [5.41, 5.74) is 1.69. The number of carbonyl (C=O) groups is 1. The zero-order valence-corrected chi connectivity index (χ0v) is 16.5. The van der Waals surface area contributed by atoms with Crippen molar-refractivity contribution in [2.24, 2.45) is 4.99 Å². The highest BCUT2D eigenvalue weighted by molar-refractivity contribution is 5.94. The van der Waals surface area contributed by atoms with Gasteiger partial charge in [-0.2, -0.15) is 0 Å². The van der Waals surface area contributed by atoms with Gasteiger partial charge in [0.05, 0.1) is 6.54 Å². The molecule has 150 valence electrons. The molecule has 0 radical (unpaired) electrons. The van der Waals surface area contributed by atoms with Crippen LogP contribution in [0.15, 0.2) is 53.5 Å². The quantitative estimate of drug-likeness (QED) is 0.370. The van der Waals surface area contributed by atoms with E-state index in [9.17, 15) is 9.18 Å². The molecule has 0 saturated heterocycles. The van der Waals surface area contributed by atoms with Crippen molar-refractivity contribution in [1.29, 1.82) is 0 Å². The Morgan fingerprint density at radius 2 is 1.86 bits per heavy atom. The van der Waals surface area contributed by atoms with Crippen LogP contribution >= 0.6 is 0 Å². The van der Waals surface area contributed by atoms with E-state index in [-0.39, 0.29) is 17.8 Å². The number of carbonyl (C=O) groups excluding carboxylic acids is 1. The molecule has 2 rings (SSSR count). The third kappa shape index (κ3) is 7.26. The number of nitrogens with one attached hydrogen (secondary N) is 3. The largest absolute Gasteiger partial charge is 0.489 e. The van der Waals surface area contributed by atoms with Gasteiger partial charge in [0.15, 0.2) is 5.96 Å². The first-order valence-corrected chi connectivity index (χ1v) is 9.19. The summed E-state index contributed by atoms with van der Waals surface area (Å²) in [6.07, 6.45) is -0.179. The van der Waals surface area contributed by atoms with Gasteiger partial charge in [-0.05, 0) is 38.1 Å². The molecular weight excluding hydrogens is 359 g/mol. The molecule has 7 heteroatoms. The number of ether oxygens (including phenoxy) is 1. The molecule has 0 aliphatic heterocycles. The molecule has 1 amide bonds. The zero-order valence-electron chi connectivity index (χ0n) is 16.5. The minimum atomic E-state index is -0.331. The number of hydrogen-bond donors (Lipinski definition) is 3. The van der Waals surface area contributed by atoms with Crippen LogP contribution in [0.1, 0.15) is 22.8 Å². The Kier molecular flexibility index (Phi) is 8.27. The van der Waals surface area contributed by atoms with Crippen molar-refractivity contribution in [3.63, 3.8) is 0 Å². The number of benzene rings is 2. The van der Waals surface area contributed by atoms with Gasteiger partial charge in [-0.15, -0.1) is 0 Å². The molecule has 28 heavy (non-hydrogen) atoms. The van der Waals surface area contributed by atoms with Crippen molar-refractivity contribution in [3.05, 3.63) is 65.5 Å². The lowest BCUT2D eigenvalue weighted by molar-refractivity contribution is 0.0954. The molecule has 1 unspecified atom stereocenters. The SMILES string of the molecule is CN=C(NCCNC(=O)c1cccc(C)c1)NCC(C)Oc1cccc(F)c1. The van der Waals surface area contributed by atoms with Crippen molar-refractivity contribution in [2.75, 3.05) is 26.7 Å². The predicted molar refractivity (Wildman–Crippen MR) is 109 cm³/mol. The van der Waals surface area contributed by atoms with E-state index in [4.69, 9.17) is 4.74 Å². The van der Waals surface area contributed by atoms with Crippen molar-refractivity contribution < 1.29 is 13.9 Å². The van der Waals surface area contributed by atoms with Crippen LogP contribution < -0.4 is 20.7 Å². The number of halogens is 1. The first-order valence-electron chi connectivity index (χ1n) is 9.19. The molecule has 0 aromatic heterocycles. The van der Waals surface area contributed by atoms with Crippen LogP contribution in [0.5, 0.6) is 5.75 Å². The Bertz CT molecular complexity index is 810. The van der Waals surface area contributed by atoms with Crippen LogP contribution in [0.2, 0.25) is 0 Å². The van der Waals surface area contributed by atoms with Crippen molar-refractivity contribution in [3.8, 4) is 5.75 Å². The highest BCUT2D eigenvalue weighted by Crippen LogP contribution is 2.13. The fraction of sp³-hybridized carbons (Fsp3) is 0.333. The average molecular weight is 386 g/mol. The van der Waals surface area contributed by atoms with E-state index in [1.54, 1.807) is 25.2 Å². The summed E-state index contributed by atoms with van der Waals surface area (Å²) in [5, 5.41) is 9.13. The van der Waals surface area contributed by atoms with Crippen molar-refractivity contribution >= 4 is 11.9 Å². The van der Waals surface area contributed by atoms with Crippen LogP contribution in [0, 0.1) is 12.7 Å². The van der Waals surface area contributed by atoms with Crippen LogP contribution in [-0.4, -0.2) is 44.7 Å². The molecule has 0 fully saturated rings. The molecule has 2 aromatic rings. The Morgan fingerprint density at radius 1 is 1.11 bits per heavy atom. The first-order chi connectivity index (χ1) is 13.5. The topological polar surface area (TPSA) is 74.8 Å². The number of nitrogens with zero attached hydrogens (tertiary/aromatic N) is 1. The van der Waals surface area contributed by atoms with Crippen molar-refractivity contribution in [2.45, 2.75) is 20.0 Å². The molecule has 0 spiro atoms. The summed E-state index contributed by atoms with van der Waals surface area (Å²) in [7, 11) is 1.67. The van der Waals surface area contributed by atoms with E-state index in [1.165, 1.54) is 12.1 Å². The number of guanidine groups is 1. The zero-order chi connectivity index (χ0) is 20.4. The number of hydrogen-bond acceptors (Lipinski definition) is 3. The van der Waals surface area contributed by atoms with Gasteiger partial charge < -0.3 is 20.7 Å². The fourth-order valence-corrected chi connectivity index (χ4v) is 2.52. The van der Waals surface area contributed by atoms with Gasteiger partial charge in [-0.3, -0.25) is 9.79 Å². The minimum absolute atomic E-state index is 0.106. The smallest absolute Gasteiger partial charge is 0.251 e. The second-order valence-electron chi connectivity index (χ2n) is 6.39. The second kappa shape index (κ2) is 10.9. The summed E-state index contributed by atoms with van der Waals surface area (Å²) in [5.74, 6) is 0.643. The Hall–Kier alpha value is -3.09. The number of rotatable bonds is 8. The van der Waals surface area contributed by atoms with Gasteiger partial charge in [0, 0.05) is 31.8 Å². The van der Waals surface area contributed by atoms with E-state index in [1.807, 2.05) is 32.0 Å². The molecule has 0 heterocycles. The molecule has 0 aliphatic carbocycles. The molecule has 0 saturated carbocycles. The summed E-state index contributed by atoms with van der Waals surface area (Å²) >= 11 is 0. The van der Waals surface area contributed by atoms with Gasteiger partial charge in [0.2, 0.25) is 0 Å². The number of aliphatic imine (C=N–C) groups is 1. The minimum Gasteiger partial charge on any atom is -0.489 e. The molecule has 0 bridgehead atoms. The predicted octanol–water partition coefficient (Wildman–Crippen LogP) is 2.50. The highest BCUT2D eigenvalue weighted by atomic mass is 19.1. The first kappa shape index (κ1) is 21.2. The Balaban J connectivity index is 1.67. The maximum Gasteiger partial charge on any atom is 0.251 e. The summed E-state index contributed by atoms with van der Waals surface area (Å²) < 4.78 is 18.9. The van der Waals surface area contributed by atoms with Gasteiger partial charge in [0.1, 0.15) is 17.7 Å². The third-order valence-electron chi connectivity index (χ3n) is 3.90. The molecule has 0 aliphatic rings. The lowest BCUT2D eigenvalue weighted by Crippen LogP contribution is -2.44. The standard InChI is InChI=1S/C21H27FN4O2/c1-15-6-4-7-17(12-15)20(27)24-10-11-25-21(23-3)26-14-16(2)28-19-9-5-8-18(22)13-19/h4-9,12-13,16H,10-11,14H2,1-3H3,(H,24,27)(H2,23,25,26). The van der Waals surface area contributed by atoms with E-state index in [2.05, 4.69) is 20.9 Å². The van der Waals surface area contributed by atoms with E-state index in [0.29, 0.717) is 36.9 Å². The summed E-state index contributed by atoms with van der Waals surface area (Å²) in [6, 6.07) is 13.5. The normalized spacial score (nSPS) is 12.2. The molecular formula is C21H27FN4O2. The highest BCUT2D eigenvalue weighted by Gasteiger charge is 2.07. The molecule has 2 aromatic carbocycles. The molecule has 3 N–H and O–H groups in total. The van der Waals surface area contributed by atoms with Gasteiger partial charge in [-0.25, -0.2) is 4.39 Å². The fourth-order valence-electron chi connectivity index (χ4n) is 2.52. The van der Waals surface area contributed by atoms with Crippen LogP contribution in [0.4, 0.5) is 4.39 Å². The van der Waals surface area contributed by atoms with E-state index >= 15 is 0 Å². The average Bonchev–Trinajstić information content (AvgIpc) is 2.67. The lowest BCUT2D eigenvalue weighted by Gasteiger charge is -2.18. The van der Waals surface area contributed by atoms with Crippen LogP contribution in [-0.2, 0) is 0 Å². The third-order valence-corrected chi connectivity index (χ3v) is 3.90. The van der Waals surface area contributed by atoms with Gasteiger partial charge >= 0.3 is 0 Å². The monoisotopic (exact) mass is 386 g/mol. The van der Waals surface area contributed by atoms with E-state index in [0.717, 1.165) is 5.56 Å². The Morgan fingerprint density at radius 3 is 2.57 bits per heavy atom. The molecule has 1 atom stereocenters. The lowest BCUT2D eigenvalue weighted by atomic mass is 10.1. The van der Waals surface area contributed by atoms with Crippen LogP contribution in [0.3, 0.4) is 0 Å². The summed E-state index contributed by atoms with van der Waals surface area (Å²) in [6.45, 7) is 5.31. The second-order valence-corrected chi connectivity index (χ2v) is 6.39. The molecule has 6 nitrogen and oxygen atoms in total. The van der Waals surface area contributed by atoms with Gasteiger partial charge in [-0.1, -0.05) is 23.8 Å². The summed E-state index contributed by atoms with van der Waals surface area (Å²) in [4.78, 5) is 16.2. The Labute approximate surface area is 165 Å². The maximum absolute atomic E-state index is 13.2. The number of amides is 1. The van der Waals surface area contributed by atoms with Gasteiger partial charge in [0.25, 0.3) is 5.91 Å².